The molecule has 0 atom stereocenters. The number of furan rings is 1. The molecule has 7 nitrogen and oxygen atoms in total. The fourth-order valence-electron chi connectivity index (χ4n) is 2.78. The topological polar surface area (TPSA) is 90.4 Å². The third kappa shape index (κ3) is 3.46. The maximum atomic E-state index is 12.5. The van der Waals surface area contributed by atoms with Gasteiger partial charge in [-0.1, -0.05) is 29.4 Å². The number of fused-ring (bicyclic) bond motifs is 1. The third-order valence-electron chi connectivity index (χ3n) is 4.02. The zero-order valence-corrected chi connectivity index (χ0v) is 16.1. The van der Waals surface area contributed by atoms with Crippen LogP contribution in [-0.2, 0) is 0 Å². The van der Waals surface area contributed by atoms with Gasteiger partial charge in [0.1, 0.15) is 0 Å². The summed E-state index contributed by atoms with van der Waals surface area (Å²) in [7, 11) is 0. The molecule has 4 aromatic rings. The van der Waals surface area contributed by atoms with Crippen molar-refractivity contribution < 1.29 is 18.4 Å². The Hall–Kier alpha value is -3.26. The zero-order chi connectivity index (χ0) is 19.5. The number of thioether (sulfide) groups is 1. The highest BCUT2D eigenvalue weighted by atomic mass is 32.2. The molecule has 1 amide bonds. The summed E-state index contributed by atoms with van der Waals surface area (Å²) in [6.07, 6.45) is 1.91. The number of ether oxygens (including phenoxy) is 1. The second kappa shape index (κ2) is 7.77. The lowest BCUT2D eigenvalue weighted by Gasteiger charge is -2.05. The van der Waals surface area contributed by atoms with Crippen LogP contribution in [0.15, 0.2) is 62.3 Å². The van der Waals surface area contributed by atoms with Crippen LogP contribution < -0.4 is 10.1 Å². The standard InChI is InChI=1S/C20H17N3O4S/c1-3-25-14-9-6-7-12-11-15(26-17(12)14)19-22-23-20(27-19)21-18(24)13-8-4-5-10-16(13)28-2/h4-11H,3H2,1-2H3,(H,21,23,24). The van der Waals surface area contributed by atoms with Crippen molar-refractivity contribution in [1.29, 1.82) is 0 Å². The van der Waals surface area contributed by atoms with Crippen LogP contribution in [0.4, 0.5) is 6.01 Å². The summed E-state index contributed by atoms with van der Waals surface area (Å²) in [6, 6.07) is 14.7. The highest BCUT2D eigenvalue weighted by Gasteiger charge is 2.18. The van der Waals surface area contributed by atoms with Crippen molar-refractivity contribution in [3.05, 3.63) is 54.1 Å². The molecule has 2 aromatic carbocycles. The van der Waals surface area contributed by atoms with Crippen molar-refractivity contribution >= 4 is 34.7 Å². The van der Waals surface area contributed by atoms with E-state index in [9.17, 15) is 4.79 Å². The molecule has 1 N–H and O–H groups in total. The van der Waals surface area contributed by atoms with E-state index in [4.69, 9.17) is 13.6 Å². The van der Waals surface area contributed by atoms with E-state index in [-0.39, 0.29) is 17.8 Å². The predicted molar refractivity (Wildman–Crippen MR) is 107 cm³/mol. The lowest BCUT2D eigenvalue weighted by Crippen LogP contribution is -2.13. The minimum atomic E-state index is -0.316. The minimum Gasteiger partial charge on any atom is -0.490 e. The average molecular weight is 395 g/mol. The maximum absolute atomic E-state index is 12.5. The number of aromatic nitrogens is 2. The monoisotopic (exact) mass is 395 g/mol. The molecule has 0 fully saturated rings. The number of para-hydroxylation sites is 1. The number of hydrogen-bond donors (Lipinski definition) is 1. The van der Waals surface area contributed by atoms with Gasteiger partial charge in [-0.15, -0.1) is 16.9 Å². The number of benzene rings is 2. The van der Waals surface area contributed by atoms with Crippen LogP contribution >= 0.6 is 11.8 Å². The molecule has 0 spiro atoms. The van der Waals surface area contributed by atoms with Crippen LogP contribution in [0.2, 0.25) is 0 Å². The number of amides is 1. The highest BCUT2D eigenvalue weighted by Crippen LogP contribution is 2.33. The van der Waals surface area contributed by atoms with Crippen molar-refractivity contribution in [2.24, 2.45) is 0 Å². The molecule has 0 aliphatic rings. The molecule has 2 heterocycles. The fraction of sp³-hybridized carbons (Fsp3) is 0.150. The SMILES string of the molecule is CCOc1cccc2cc(-c3nnc(NC(=O)c4ccccc4SC)o3)oc12. The van der Waals surface area contributed by atoms with Gasteiger partial charge in [0.25, 0.3) is 11.8 Å². The summed E-state index contributed by atoms with van der Waals surface area (Å²) >= 11 is 1.49. The number of nitrogens with one attached hydrogen (secondary N) is 1. The van der Waals surface area contributed by atoms with E-state index in [1.54, 1.807) is 18.2 Å². The Kier molecular flexibility index (Phi) is 5.03. The van der Waals surface area contributed by atoms with Gasteiger partial charge >= 0.3 is 6.01 Å². The second-order valence-corrected chi connectivity index (χ2v) is 6.63. The number of carbonyl (C=O) groups is 1. The molecule has 0 saturated heterocycles. The van der Waals surface area contributed by atoms with E-state index < -0.39 is 0 Å². The molecule has 142 valence electrons. The number of anilines is 1. The van der Waals surface area contributed by atoms with E-state index in [2.05, 4.69) is 15.5 Å². The summed E-state index contributed by atoms with van der Waals surface area (Å²) in [5.41, 5.74) is 1.15. The smallest absolute Gasteiger partial charge is 0.322 e. The first kappa shape index (κ1) is 18.1. The van der Waals surface area contributed by atoms with Crippen LogP contribution in [0.25, 0.3) is 22.6 Å². The lowest BCUT2D eigenvalue weighted by molar-refractivity contribution is 0.102. The van der Waals surface area contributed by atoms with E-state index >= 15 is 0 Å². The second-order valence-electron chi connectivity index (χ2n) is 5.78. The van der Waals surface area contributed by atoms with Gasteiger partial charge < -0.3 is 13.6 Å². The first-order valence-corrected chi connectivity index (χ1v) is 9.85. The molecule has 0 aliphatic carbocycles. The molecular weight excluding hydrogens is 378 g/mol. The average Bonchev–Trinajstić information content (AvgIpc) is 3.35. The molecule has 0 unspecified atom stereocenters. The van der Waals surface area contributed by atoms with Crippen molar-refractivity contribution in [2.75, 3.05) is 18.2 Å². The van der Waals surface area contributed by atoms with Crippen LogP contribution in [0, 0.1) is 0 Å². The molecule has 0 radical (unpaired) electrons. The zero-order valence-electron chi connectivity index (χ0n) is 15.3. The van der Waals surface area contributed by atoms with Gasteiger partial charge in [0.2, 0.25) is 0 Å². The first-order valence-electron chi connectivity index (χ1n) is 8.63. The number of hydrogen-bond acceptors (Lipinski definition) is 7. The largest absolute Gasteiger partial charge is 0.490 e. The first-order chi connectivity index (χ1) is 13.7. The van der Waals surface area contributed by atoms with Gasteiger partial charge in [-0.3, -0.25) is 10.1 Å². The molecule has 4 rings (SSSR count). The van der Waals surface area contributed by atoms with E-state index in [0.29, 0.717) is 29.3 Å². The Morgan fingerprint density at radius 1 is 1.14 bits per heavy atom. The Morgan fingerprint density at radius 3 is 2.82 bits per heavy atom. The molecular formula is C20H17N3O4S. The van der Waals surface area contributed by atoms with Crippen molar-refractivity contribution in [2.45, 2.75) is 11.8 Å². The normalized spacial score (nSPS) is 10.9. The van der Waals surface area contributed by atoms with Gasteiger partial charge in [-0.25, -0.2) is 0 Å². The Labute approximate surface area is 165 Å². The lowest BCUT2D eigenvalue weighted by atomic mass is 10.2. The predicted octanol–water partition coefficient (Wildman–Crippen LogP) is 4.86. The Balaban J connectivity index is 1.59. The summed E-state index contributed by atoms with van der Waals surface area (Å²) < 4.78 is 17.0. The van der Waals surface area contributed by atoms with Crippen LogP contribution in [0.1, 0.15) is 17.3 Å². The molecule has 0 saturated carbocycles. The van der Waals surface area contributed by atoms with Crippen molar-refractivity contribution in [3.8, 4) is 17.4 Å². The van der Waals surface area contributed by atoms with Gasteiger partial charge in [0.05, 0.1) is 12.2 Å². The van der Waals surface area contributed by atoms with Crippen LogP contribution in [-0.4, -0.2) is 29.0 Å². The molecule has 2 aromatic heterocycles. The Bertz CT molecular complexity index is 1140. The fourth-order valence-corrected chi connectivity index (χ4v) is 3.38. The summed E-state index contributed by atoms with van der Waals surface area (Å²) in [4.78, 5) is 13.4. The van der Waals surface area contributed by atoms with Crippen LogP contribution in [0.5, 0.6) is 5.75 Å². The molecule has 0 aliphatic heterocycles. The van der Waals surface area contributed by atoms with Crippen molar-refractivity contribution in [1.82, 2.24) is 10.2 Å². The molecule has 28 heavy (non-hydrogen) atoms. The third-order valence-corrected chi connectivity index (χ3v) is 4.81. The number of nitrogens with zero attached hydrogens (tertiary/aromatic N) is 2. The van der Waals surface area contributed by atoms with E-state index in [1.807, 2.05) is 43.5 Å². The van der Waals surface area contributed by atoms with E-state index in [1.165, 1.54) is 11.8 Å². The molecule has 8 heteroatoms. The minimum absolute atomic E-state index is 0.00129. The summed E-state index contributed by atoms with van der Waals surface area (Å²) in [5, 5.41) is 11.4. The van der Waals surface area contributed by atoms with Crippen molar-refractivity contribution in [3.63, 3.8) is 0 Å². The quantitative estimate of drug-likeness (QED) is 0.466. The Morgan fingerprint density at radius 2 is 2.00 bits per heavy atom. The van der Waals surface area contributed by atoms with Gasteiger partial charge in [0.15, 0.2) is 17.1 Å². The number of carbonyl (C=O) groups excluding carboxylic acids is 1. The van der Waals surface area contributed by atoms with Gasteiger partial charge in [-0.05, 0) is 37.4 Å². The molecule has 0 bridgehead atoms. The van der Waals surface area contributed by atoms with E-state index in [0.717, 1.165) is 10.3 Å². The number of rotatable bonds is 6. The maximum Gasteiger partial charge on any atom is 0.322 e. The van der Waals surface area contributed by atoms with Crippen LogP contribution in [0.3, 0.4) is 0 Å². The summed E-state index contributed by atoms with van der Waals surface area (Å²) in [6.45, 7) is 2.44. The summed E-state index contributed by atoms with van der Waals surface area (Å²) in [5.74, 6) is 0.906. The van der Waals surface area contributed by atoms with Gasteiger partial charge in [-0.2, -0.15) is 0 Å². The highest BCUT2D eigenvalue weighted by molar-refractivity contribution is 7.98. The van der Waals surface area contributed by atoms with Gasteiger partial charge in [0, 0.05) is 10.3 Å².